The van der Waals surface area contributed by atoms with Gasteiger partial charge in [-0.15, -0.1) is 0 Å². The number of H-pyrrole nitrogens is 1. The highest BCUT2D eigenvalue weighted by molar-refractivity contribution is 8.00. The Morgan fingerprint density at radius 3 is 2.84 bits per heavy atom. The van der Waals surface area contributed by atoms with Gasteiger partial charge in [-0.1, -0.05) is 42.4 Å². The maximum absolute atomic E-state index is 12.4. The molecule has 0 aliphatic heterocycles. The summed E-state index contributed by atoms with van der Waals surface area (Å²) in [6.45, 7) is 5.93. The van der Waals surface area contributed by atoms with E-state index in [4.69, 9.17) is 11.6 Å². The van der Waals surface area contributed by atoms with Gasteiger partial charge in [0, 0.05) is 0 Å². The molecule has 6 heteroatoms. The van der Waals surface area contributed by atoms with E-state index in [0.717, 1.165) is 28.2 Å². The van der Waals surface area contributed by atoms with E-state index in [2.05, 4.69) is 34.3 Å². The molecule has 1 atom stereocenters. The summed E-state index contributed by atoms with van der Waals surface area (Å²) in [7, 11) is 0. The summed E-state index contributed by atoms with van der Waals surface area (Å²) in [6, 6.07) is 11.8. The van der Waals surface area contributed by atoms with Crippen molar-refractivity contribution in [3.8, 4) is 0 Å². The molecule has 3 aromatic rings. The Labute approximate surface area is 156 Å². The van der Waals surface area contributed by atoms with Crippen LogP contribution in [0.4, 0.5) is 5.69 Å². The Bertz CT molecular complexity index is 922. The van der Waals surface area contributed by atoms with E-state index in [0.29, 0.717) is 10.7 Å². The van der Waals surface area contributed by atoms with E-state index in [1.807, 2.05) is 38.1 Å². The minimum absolute atomic E-state index is 0.106. The molecule has 130 valence electrons. The molecule has 2 aromatic carbocycles. The highest BCUT2D eigenvalue weighted by atomic mass is 35.5. The molecule has 0 spiro atoms. The van der Waals surface area contributed by atoms with Crippen LogP contribution in [0, 0.1) is 6.92 Å². The molecule has 1 unspecified atom stereocenters. The molecular formula is C19H20ClN3OS. The summed E-state index contributed by atoms with van der Waals surface area (Å²) in [5, 5.41) is 3.85. The number of anilines is 1. The number of carbonyl (C=O) groups excluding carboxylic acids is 1. The van der Waals surface area contributed by atoms with Crippen LogP contribution in [0.2, 0.25) is 5.02 Å². The second kappa shape index (κ2) is 7.50. The maximum atomic E-state index is 12.4. The molecule has 4 nitrogen and oxygen atoms in total. The van der Waals surface area contributed by atoms with Crippen molar-refractivity contribution in [2.75, 3.05) is 5.32 Å². The van der Waals surface area contributed by atoms with Crippen LogP contribution in [-0.2, 0) is 11.2 Å². The first kappa shape index (κ1) is 17.8. The standard InChI is InChI=1S/C19H20ClN3OS/c1-4-13-6-8-16-17(10-13)23-19(22-16)25-12(3)18(24)21-15-7-5-11(2)9-14(15)20/h5-10,12H,4H2,1-3H3,(H,21,24)(H,22,23). The number of fused-ring (bicyclic) bond motifs is 1. The molecule has 3 rings (SSSR count). The monoisotopic (exact) mass is 373 g/mol. The lowest BCUT2D eigenvalue weighted by Gasteiger charge is -2.12. The topological polar surface area (TPSA) is 57.8 Å². The third kappa shape index (κ3) is 4.17. The van der Waals surface area contributed by atoms with Crippen LogP contribution in [0.3, 0.4) is 0 Å². The van der Waals surface area contributed by atoms with E-state index >= 15 is 0 Å². The first-order chi connectivity index (χ1) is 12.0. The van der Waals surface area contributed by atoms with Crippen molar-refractivity contribution in [1.82, 2.24) is 9.97 Å². The molecule has 0 saturated heterocycles. The number of aryl methyl sites for hydroxylation is 2. The highest BCUT2D eigenvalue weighted by Gasteiger charge is 2.18. The number of hydrogen-bond acceptors (Lipinski definition) is 3. The van der Waals surface area contributed by atoms with Crippen LogP contribution >= 0.6 is 23.4 Å². The van der Waals surface area contributed by atoms with E-state index in [-0.39, 0.29) is 11.2 Å². The number of aromatic nitrogens is 2. The number of nitrogens with zero attached hydrogens (tertiary/aromatic N) is 1. The number of benzene rings is 2. The van der Waals surface area contributed by atoms with Crippen LogP contribution in [0.25, 0.3) is 11.0 Å². The summed E-state index contributed by atoms with van der Waals surface area (Å²) < 4.78 is 0. The molecule has 0 bridgehead atoms. The van der Waals surface area contributed by atoms with Gasteiger partial charge in [-0.25, -0.2) is 4.98 Å². The predicted molar refractivity (Wildman–Crippen MR) is 106 cm³/mol. The van der Waals surface area contributed by atoms with E-state index in [9.17, 15) is 4.79 Å². The molecule has 0 radical (unpaired) electrons. The number of amides is 1. The second-order valence-electron chi connectivity index (χ2n) is 5.98. The van der Waals surface area contributed by atoms with Gasteiger partial charge in [0.25, 0.3) is 0 Å². The van der Waals surface area contributed by atoms with Gasteiger partial charge in [0.2, 0.25) is 5.91 Å². The van der Waals surface area contributed by atoms with Gasteiger partial charge < -0.3 is 10.3 Å². The summed E-state index contributed by atoms with van der Waals surface area (Å²) >= 11 is 7.58. The van der Waals surface area contributed by atoms with Crippen LogP contribution in [-0.4, -0.2) is 21.1 Å². The summed E-state index contributed by atoms with van der Waals surface area (Å²) in [4.78, 5) is 20.3. The highest BCUT2D eigenvalue weighted by Crippen LogP contribution is 2.27. The molecule has 0 aliphatic rings. The number of imidazole rings is 1. The van der Waals surface area contributed by atoms with Crippen molar-refractivity contribution in [2.24, 2.45) is 0 Å². The zero-order chi connectivity index (χ0) is 18.0. The van der Waals surface area contributed by atoms with Crippen molar-refractivity contribution in [3.05, 3.63) is 52.5 Å². The Morgan fingerprint density at radius 1 is 1.32 bits per heavy atom. The zero-order valence-electron chi connectivity index (χ0n) is 14.4. The number of hydrogen-bond donors (Lipinski definition) is 2. The molecular weight excluding hydrogens is 354 g/mol. The molecule has 1 amide bonds. The van der Waals surface area contributed by atoms with E-state index in [1.54, 1.807) is 0 Å². The summed E-state index contributed by atoms with van der Waals surface area (Å²) in [6.07, 6.45) is 0.974. The molecule has 0 saturated carbocycles. The number of halogens is 1. The first-order valence-corrected chi connectivity index (χ1v) is 9.44. The number of nitrogens with one attached hydrogen (secondary N) is 2. The fourth-order valence-electron chi connectivity index (χ4n) is 2.48. The van der Waals surface area contributed by atoms with Gasteiger partial charge >= 0.3 is 0 Å². The Kier molecular flexibility index (Phi) is 5.35. The van der Waals surface area contributed by atoms with Crippen molar-refractivity contribution in [3.63, 3.8) is 0 Å². The Morgan fingerprint density at radius 2 is 2.12 bits per heavy atom. The lowest BCUT2D eigenvalue weighted by molar-refractivity contribution is -0.115. The van der Waals surface area contributed by atoms with Crippen LogP contribution in [0.15, 0.2) is 41.6 Å². The van der Waals surface area contributed by atoms with Gasteiger partial charge in [0.05, 0.1) is 27.0 Å². The van der Waals surface area contributed by atoms with Crippen LogP contribution in [0.5, 0.6) is 0 Å². The van der Waals surface area contributed by atoms with Crippen LogP contribution < -0.4 is 5.32 Å². The van der Waals surface area contributed by atoms with Gasteiger partial charge in [0.15, 0.2) is 5.16 Å². The first-order valence-electron chi connectivity index (χ1n) is 8.18. The smallest absolute Gasteiger partial charge is 0.237 e. The fraction of sp³-hybridized carbons (Fsp3) is 0.263. The Hall–Kier alpha value is -1.98. The summed E-state index contributed by atoms with van der Waals surface area (Å²) in [5.41, 5.74) is 4.83. The molecule has 1 heterocycles. The molecule has 0 fully saturated rings. The SMILES string of the molecule is CCc1ccc2[nH]c(SC(C)C(=O)Nc3ccc(C)cc3Cl)nc2c1. The van der Waals surface area contributed by atoms with Gasteiger partial charge in [-0.2, -0.15) is 0 Å². The quantitative estimate of drug-likeness (QED) is 0.604. The lowest BCUT2D eigenvalue weighted by Crippen LogP contribution is -2.22. The number of thioether (sulfide) groups is 1. The van der Waals surface area contributed by atoms with Crippen molar-refractivity contribution in [2.45, 2.75) is 37.6 Å². The van der Waals surface area contributed by atoms with E-state index < -0.39 is 0 Å². The molecule has 1 aromatic heterocycles. The van der Waals surface area contributed by atoms with Gasteiger partial charge in [-0.05, 0) is 55.7 Å². The zero-order valence-corrected chi connectivity index (χ0v) is 16.0. The molecule has 0 aliphatic carbocycles. The van der Waals surface area contributed by atoms with Crippen LogP contribution in [0.1, 0.15) is 25.0 Å². The minimum atomic E-state index is -0.302. The van der Waals surface area contributed by atoms with Crippen molar-refractivity contribution >= 4 is 46.0 Å². The van der Waals surface area contributed by atoms with Gasteiger partial charge in [0.1, 0.15) is 0 Å². The maximum Gasteiger partial charge on any atom is 0.237 e. The largest absolute Gasteiger partial charge is 0.333 e. The number of aromatic amines is 1. The number of carbonyl (C=O) groups is 1. The average molecular weight is 374 g/mol. The lowest BCUT2D eigenvalue weighted by atomic mass is 10.1. The Balaban J connectivity index is 1.70. The third-order valence-corrected chi connectivity index (χ3v) is 5.27. The normalized spacial score (nSPS) is 12.3. The van der Waals surface area contributed by atoms with Gasteiger partial charge in [-0.3, -0.25) is 4.79 Å². The minimum Gasteiger partial charge on any atom is -0.333 e. The summed E-state index contributed by atoms with van der Waals surface area (Å²) in [5.74, 6) is -0.106. The molecule has 25 heavy (non-hydrogen) atoms. The second-order valence-corrected chi connectivity index (χ2v) is 7.72. The fourth-order valence-corrected chi connectivity index (χ4v) is 3.58. The predicted octanol–water partition coefficient (Wildman–Crippen LogP) is 5.21. The average Bonchev–Trinajstić information content (AvgIpc) is 2.98. The molecule has 2 N–H and O–H groups in total. The number of rotatable bonds is 5. The third-order valence-electron chi connectivity index (χ3n) is 3.97. The van der Waals surface area contributed by atoms with Crippen molar-refractivity contribution in [1.29, 1.82) is 0 Å². The van der Waals surface area contributed by atoms with E-state index in [1.165, 1.54) is 17.3 Å². The van der Waals surface area contributed by atoms with Crippen molar-refractivity contribution < 1.29 is 4.79 Å².